The van der Waals surface area contributed by atoms with Gasteiger partial charge >= 0.3 is 0 Å². The number of carbonyl (C=O) groups excluding carboxylic acids is 2. The number of nitriles is 1. The molecule has 1 N–H and O–H groups in total. The molecule has 4 saturated carbocycles. The molecule has 4 fully saturated rings. The molecule has 0 radical (unpaired) electrons. The number of halogens is 1. The molecule has 0 aliphatic heterocycles. The van der Waals surface area contributed by atoms with Crippen LogP contribution >= 0.6 is 0 Å². The van der Waals surface area contributed by atoms with E-state index < -0.39 is 5.82 Å². The molecule has 166 valence electrons. The average molecular weight is 427 g/mol. The second-order valence-electron chi connectivity index (χ2n) is 9.83. The minimum atomic E-state index is -0.412. The van der Waals surface area contributed by atoms with Gasteiger partial charge in [-0.3, -0.25) is 14.5 Å². The molecular weight excluding hydrogens is 395 g/mol. The predicted molar refractivity (Wildman–Crippen MR) is 115 cm³/mol. The summed E-state index contributed by atoms with van der Waals surface area (Å²) in [6, 6.07) is 7.95. The molecule has 0 spiro atoms. The van der Waals surface area contributed by atoms with Gasteiger partial charge in [-0.1, -0.05) is 6.07 Å². The van der Waals surface area contributed by atoms with Crippen LogP contribution in [0.25, 0.3) is 0 Å². The van der Waals surface area contributed by atoms with Crippen LogP contribution in [0.1, 0.15) is 44.9 Å². The molecule has 4 aliphatic carbocycles. The van der Waals surface area contributed by atoms with E-state index in [0.717, 1.165) is 19.3 Å². The molecule has 0 heterocycles. The normalized spacial score (nSPS) is 28.4. The predicted octanol–water partition coefficient (Wildman–Crippen LogP) is 3.41. The minimum absolute atomic E-state index is 0.00162. The summed E-state index contributed by atoms with van der Waals surface area (Å²) in [4.78, 5) is 29.4. The first-order valence-electron chi connectivity index (χ1n) is 11.3. The lowest BCUT2D eigenvalue weighted by molar-refractivity contribution is -0.151. The number of nitrogens with zero attached hydrogens (tertiary/aromatic N) is 3. The van der Waals surface area contributed by atoms with Gasteiger partial charge in [0.2, 0.25) is 11.8 Å². The van der Waals surface area contributed by atoms with Gasteiger partial charge in [-0.05, 0) is 81.5 Å². The van der Waals surface area contributed by atoms with E-state index in [-0.39, 0.29) is 30.4 Å². The Morgan fingerprint density at radius 1 is 1.16 bits per heavy atom. The van der Waals surface area contributed by atoms with Crippen molar-refractivity contribution in [2.24, 2.45) is 17.8 Å². The van der Waals surface area contributed by atoms with Crippen molar-refractivity contribution in [2.75, 3.05) is 32.0 Å². The molecule has 1 aromatic rings. The minimum Gasteiger partial charge on any atom is -0.335 e. The number of carbonyl (C=O) groups is 2. The summed E-state index contributed by atoms with van der Waals surface area (Å²) < 4.78 is 13.3. The molecule has 0 saturated heterocycles. The standard InChI is InChI=1S/C24H31FN4O2/c1-28(15-22(30)27-21-5-2-4-20(25)11-21)16-23(31)29(7-3-6-26)24-12-17-8-18(13-24)10-19(9-17)14-24/h2,4-5,11,17-19H,3,7-10,12-16H2,1H3,(H,27,30). The van der Waals surface area contributed by atoms with Crippen LogP contribution in [0.3, 0.4) is 0 Å². The number of hydrogen-bond donors (Lipinski definition) is 1. The number of anilines is 1. The molecule has 1 aromatic carbocycles. The van der Waals surface area contributed by atoms with Crippen LogP contribution in [0.5, 0.6) is 0 Å². The maximum absolute atomic E-state index is 13.4. The Hall–Kier alpha value is -2.46. The average Bonchev–Trinajstić information content (AvgIpc) is 2.66. The smallest absolute Gasteiger partial charge is 0.238 e. The second-order valence-corrected chi connectivity index (χ2v) is 9.83. The Morgan fingerprint density at radius 3 is 2.39 bits per heavy atom. The zero-order valence-corrected chi connectivity index (χ0v) is 18.1. The highest BCUT2D eigenvalue weighted by atomic mass is 19.1. The number of likely N-dealkylation sites (N-methyl/N-ethyl adjacent to an activating group) is 1. The quantitative estimate of drug-likeness (QED) is 0.691. The van der Waals surface area contributed by atoms with Crippen molar-refractivity contribution >= 4 is 17.5 Å². The van der Waals surface area contributed by atoms with Gasteiger partial charge in [0.05, 0.1) is 25.6 Å². The van der Waals surface area contributed by atoms with E-state index in [4.69, 9.17) is 5.26 Å². The zero-order chi connectivity index (χ0) is 22.0. The first-order valence-corrected chi connectivity index (χ1v) is 11.3. The fourth-order valence-corrected chi connectivity index (χ4v) is 6.57. The molecule has 6 nitrogen and oxygen atoms in total. The summed E-state index contributed by atoms with van der Waals surface area (Å²) in [5.74, 6) is 1.41. The van der Waals surface area contributed by atoms with Gasteiger partial charge in [-0.25, -0.2) is 4.39 Å². The van der Waals surface area contributed by atoms with Gasteiger partial charge in [-0.2, -0.15) is 5.26 Å². The molecule has 2 amide bonds. The summed E-state index contributed by atoms with van der Waals surface area (Å²) in [5, 5.41) is 11.8. The number of amides is 2. The van der Waals surface area contributed by atoms with Crippen molar-refractivity contribution in [3.8, 4) is 6.07 Å². The van der Waals surface area contributed by atoms with Crippen molar-refractivity contribution in [3.05, 3.63) is 30.1 Å². The summed E-state index contributed by atoms with van der Waals surface area (Å²) in [6.45, 7) is 0.629. The fourth-order valence-electron chi connectivity index (χ4n) is 6.57. The van der Waals surface area contributed by atoms with Crippen molar-refractivity contribution in [1.82, 2.24) is 9.80 Å². The molecule has 5 rings (SSSR count). The molecular formula is C24H31FN4O2. The van der Waals surface area contributed by atoms with E-state index in [1.165, 1.54) is 37.5 Å². The fraction of sp³-hybridized carbons (Fsp3) is 0.625. The van der Waals surface area contributed by atoms with Gasteiger partial charge in [0.15, 0.2) is 0 Å². The Kier molecular flexibility index (Phi) is 6.29. The number of hydrogen-bond acceptors (Lipinski definition) is 4. The summed E-state index contributed by atoms with van der Waals surface area (Å²) in [7, 11) is 1.74. The zero-order valence-electron chi connectivity index (χ0n) is 18.1. The SMILES string of the molecule is CN(CC(=O)Nc1cccc(F)c1)CC(=O)N(CCC#N)C12CC3CC(CC(C3)C1)C2. The highest BCUT2D eigenvalue weighted by molar-refractivity contribution is 5.92. The molecule has 4 bridgehead atoms. The van der Waals surface area contributed by atoms with Crippen molar-refractivity contribution < 1.29 is 14.0 Å². The van der Waals surface area contributed by atoms with Crippen LogP contribution in [0.15, 0.2) is 24.3 Å². The lowest BCUT2D eigenvalue weighted by Crippen LogP contribution is -2.62. The molecule has 4 aliphatic rings. The van der Waals surface area contributed by atoms with E-state index in [9.17, 15) is 14.0 Å². The highest BCUT2D eigenvalue weighted by Crippen LogP contribution is 2.57. The molecule has 0 unspecified atom stereocenters. The lowest BCUT2D eigenvalue weighted by Gasteiger charge is -2.60. The molecule has 0 atom stereocenters. The third kappa shape index (κ3) is 4.90. The van der Waals surface area contributed by atoms with Gasteiger partial charge in [0.25, 0.3) is 0 Å². The van der Waals surface area contributed by atoms with Crippen LogP contribution in [-0.2, 0) is 9.59 Å². The van der Waals surface area contributed by atoms with Crippen LogP contribution in [0, 0.1) is 34.9 Å². The van der Waals surface area contributed by atoms with Gasteiger partial charge < -0.3 is 10.2 Å². The molecule has 7 heteroatoms. The third-order valence-corrected chi connectivity index (χ3v) is 7.25. The number of benzene rings is 1. The highest BCUT2D eigenvalue weighted by Gasteiger charge is 2.54. The number of rotatable bonds is 8. The van der Waals surface area contributed by atoms with Crippen LogP contribution < -0.4 is 5.32 Å². The van der Waals surface area contributed by atoms with Crippen LogP contribution in [0.4, 0.5) is 10.1 Å². The molecule has 0 aromatic heterocycles. The van der Waals surface area contributed by atoms with Crippen molar-refractivity contribution in [2.45, 2.75) is 50.5 Å². The van der Waals surface area contributed by atoms with E-state index in [0.29, 0.717) is 36.4 Å². The van der Waals surface area contributed by atoms with E-state index in [2.05, 4.69) is 11.4 Å². The summed E-state index contributed by atoms with van der Waals surface area (Å²) in [5.41, 5.74) is 0.293. The Balaban J connectivity index is 1.38. The van der Waals surface area contributed by atoms with Crippen LogP contribution in [-0.4, -0.2) is 53.8 Å². The number of nitrogens with one attached hydrogen (secondary N) is 1. The maximum Gasteiger partial charge on any atom is 0.238 e. The maximum atomic E-state index is 13.4. The van der Waals surface area contributed by atoms with Crippen LogP contribution in [0.2, 0.25) is 0 Å². The first kappa shape index (κ1) is 21.8. The topological polar surface area (TPSA) is 76.4 Å². The third-order valence-electron chi connectivity index (χ3n) is 7.25. The monoisotopic (exact) mass is 426 g/mol. The summed E-state index contributed by atoms with van der Waals surface area (Å²) in [6.07, 6.45) is 7.37. The lowest BCUT2D eigenvalue weighted by atomic mass is 9.52. The van der Waals surface area contributed by atoms with E-state index >= 15 is 0 Å². The van der Waals surface area contributed by atoms with E-state index in [1.54, 1.807) is 18.0 Å². The largest absolute Gasteiger partial charge is 0.335 e. The van der Waals surface area contributed by atoms with Crippen molar-refractivity contribution in [1.29, 1.82) is 5.26 Å². The van der Waals surface area contributed by atoms with Gasteiger partial charge in [-0.15, -0.1) is 0 Å². The Labute approximate surface area is 183 Å². The first-order chi connectivity index (χ1) is 14.9. The second kappa shape index (κ2) is 8.96. The Morgan fingerprint density at radius 2 is 1.81 bits per heavy atom. The summed E-state index contributed by atoms with van der Waals surface area (Å²) >= 11 is 0. The van der Waals surface area contributed by atoms with Gasteiger partial charge in [0.1, 0.15) is 5.82 Å². The molecule has 31 heavy (non-hydrogen) atoms. The van der Waals surface area contributed by atoms with E-state index in [1.807, 2.05) is 4.90 Å². The Bertz CT molecular complexity index is 845. The van der Waals surface area contributed by atoms with Gasteiger partial charge in [0, 0.05) is 17.8 Å². The van der Waals surface area contributed by atoms with Crippen molar-refractivity contribution in [3.63, 3.8) is 0 Å².